The highest BCUT2D eigenvalue weighted by Crippen LogP contribution is 2.45. The van der Waals surface area contributed by atoms with Crippen LogP contribution in [0.25, 0.3) is 0 Å². The third-order valence-electron chi connectivity index (χ3n) is 2.99. The maximum Gasteiger partial charge on any atom is 0.458 e. The largest absolute Gasteiger partial charge is 0.459 e. The van der Waals surface area contributed by atoms with Crippen molar-refractivity contribution in [3.63, 3.8) is 0 Å². The van der Waals surface area contributed by atoms with Gasteiger partial charge in [-0.1, -0.05) is 26.0 Å². The van der Waals surface area contributed by atoms with E-state index in [9.17, 15) is 9.36 Å². The van der Waals surface area contributed by atoms with Crippen LogP contribution in [0, 0.1) is 5.92 Å². The standard InChI is InChI=1S/C17H28NO5P/c1-6-21-24(20,18-12-11-13(2)3)23-16-10-8-7-9-15(16)17(19)22-14(4)5/h7-10,13-14H,6,11-12H2,1-5H3,(H,18,20). The quantitative estimate of drug-likeness (QED) is 0.494. The Morgan fingerprint density at radius 3 is 2.46 bits per heavy atom. The lowest BCUT2D eigenvalue weighted by atomic mass is 10.1. The molecule has 0 amide bonds. The van der Waals surface area contributed by atoms with Gasteiger partial charge in [0.05, 0.1) is 12.7 Å². The van der Waals surface area contributed by atoms with E-state index in [1.54, 1.807) is 45.0 Å². The minimum atomic E-state index is -3.56. The number of hydrogen-bond donors (Lipinski definition) is 1. The van der Waals surface area contributed by atoms with Crippen molar-refractivity contribution in [2.24, 2.45) is 5.92 Å². The van der Waals surface area contributed by atoms with Crippen LogP contribution in [0.4, 0.5) is 0 Å². The van der Waals surface area contributed by atoms with Gasteiger partial charge in [-0.15, -0.1) is 0 Å². The van der Waals surface area contributed by atoms with Crippen LogP contribution in [-0.2, 0) is 13.8 Å². The fourth-order valence-corrected chi connectivity index (χ4v) is 3.26. The molecular weight excluding hydrogens is 329 g/mol. The molecule has 1 aromatic rings. The van der Waals surface area contributed by atoms with Gasteiger partial charge in [-0.25, -0.2) is 14.4 Å². The van der Waals surface area contributed by atoms with Gasteiger partial charge < -0.3 is 9.26 Å². The molecule has 0 radical (unpaired) electrons. The van der Waals surface area contributed by atoms with E-state index >= 15 is 0 Å². The summed E-state index contributed by atoms with van der Waals surface area (Å²) in [6, 6.07) is 6.55. The van der Waals surface area contributed by atoms with Crippen molar-refractivity contribution in [1.29, 1.82) is 0 Å². The number of benzene rings is 1. The monoisotopic (exact) mass is 357 g/mol. The van der Waals surface area contributed by atoms with E-state index in [1.807, 2.05) is 0 Å². The van der Waals surface area contributed by atoms with Crippen LogP contribution in [0.3, 0.4) is 0 Å². The Morgan fingerprint density at radius 1 is 1.21 bits per heavy atom. The van der Waals surface area contributed by atoms with Crippen molar-refractivity contribution >= 4 is 13.7 Å². The zero-order chi connectivity index (χ0) is 18.2. The first kappa shape index (κ1) is 20.7. The molecular formula is C17H28NO5P. The highest BCUT2D eigenvalue weighted by Gasteiger charge is 2.28. The molecule has 1 aromatic carbocycles. The summed E-state index contributed by atoms with van der Waals surface area (Å²) in [5.74, 6) is 0.115. The molecule has 0 fully saturated rings. The third kappa shape index (κ3) is 7.04. The van der Waals surface area contributed by atoms with Crippen LogP contribution in [0.5, 0.6) is 5.75 Å². The molecule has 24 heavy (non-hydrogen) atoms. The second-order valence-corrected chi connectivity index (χ2v) is 7.80. The van der Waals surface area contributed by atoms with Gasteiger partial charge in [0.25, 0.3) is 0 Å². The highest BCUT2D eigenvalue weighted by atomic mass is 31.2. The number of esters is 1. The number of nitrogens with one attached hydrogen (secondary N) is 1. The lowest BCUT2D eigenvalue weighted by Crippen LogP contribution is -2.20. The van der Waals surface area contributed by atoms with Crippen molar-refractivity contribution in [3.8, 4) is 5.75 Å². The predicted molar refractivity (Wildman–Crippen MR) is 94.3 cm³/mol. The summed E-state index contributed by atoms with van der Waals surface area (Å²) in [6.07, 6.45) is 0.575. The van der Waals surface area contributed by atoms with E-state index in [1.165, 1.54) is 0 Å². The topological polar surface area (TPSA) is 73.9 Å². The van der Waals surface area contributed by atoms with Crippen molar-refractivity contribution in [2.45, 2.75) is 47.1 Å². The van der Waals surface area contributed by atoms with Gasteiger partial charge in [0, 0.05) is 6.54 Å². The fourth-order valence-electron chi connectivity index (χ4n) is 1.89. The molecule has 0 saturated heterocycles. The van der Waals surface area contributed by atoms with E-state index in [2.05, 4.69) is 18.9 Å². The minimum Gasteiger partial charge on any atom is -0.459 e. The Kier molecular flexibility index (Phi) is 8.46. The van der Waals surface area contributed by atoms with Crippen LogP contribution >= 0.6 is 7.75 Å². The lowest BCUT2D eigenvalue weighted by molar-refractivity contribution is 0.0376. The molecule has 1 unspecified atom stereocenters. The van der Waals surface area contributed by atoms with Crippen molar-refractivity contribution in [1.82, 2.24) is 5.09 Å². The van der Waals surface area contributed by atoms with Gasteiger partial charge in [0.2, 0.25) is 0 Å². The van der Waals surface area contributed by atoms with Gasteiger partial charge in [-0.05, 0) is 45.2 Å². The molecule has 0 spiro atoms. The van der Waals surface area contributed by atoms with Crippen LogP contribution in [0.15, 0.2) is 24.3 Å². The van der Waals surface area contributed by atoms with Crippen molar-refractivity contribution < 1.29 is 23.1 Å². The summed E-state index contributed by atoms with van der Waals surface area (Å²) in [4.78, 5) is 12.2. The third-order valence-corrected chi connectivity index (χ3v) is 4.64. The Balaban J connectivity index is 2.94. The second kappa shape index (κ2) is 9.82. The molecule has 7 heteroatoms. The van der Waals surface area contributed by atoms with Gasteiger partial charge >= 0.3 is 13.7 Å². The Hall–Kier alpha value is -1.36. The summed E-state index contributed by atoms with van der Waals surface area (Å²) in [5, 5.41) is 2.84. The Bertz CT molecular complexity index is 574. The minimum absolute atomic E-state index is 0.178. The van der Waals surface area contributed by atoms with Crippen LogP contribution in [-0.4, -0.2) is 25.2 Å². The average Bonchev–Trinajstić information content (AvgIpc) is 2.46. The Labute approximate surface area is 144 Å². The van der Waals surface area contributed by atoms with Gasteiger partial charge in [-0.2, -0.15) is 0 Å². The van der Waals surface area contributed by atoms with E-state index in [0.717, 1.165) is 6.42 Å². The predicted octanol–water partition coefficient (Wildman–Crippen LogP) is 4.41. The molecule has 1 N–H and O–H groups in total. The maximum atomic E-state index is 12.9. The zero-order valence-corrected chi connectivity index (χ0v) is 16.0. The first-order valence-corrected chi connectivity index (χ1v) is 9.81. The molecule has 0 heterocycles. The number of ether oxygens (including phenoxy) is 1. The Morgan fingerprint density at radius 2 is 1.88 bits per heavy atom. The van der Waals surface area contributed by atoms with Crippen molar-refractivity contribution in [2.75, 3.05) is 13.2 Å². The summed E-state index contributed by atoms with van der Waals surface area (Å²) >= 11 is 0. The molecule has 1 atom stereocenters. The number of para-hydroxylation sites is 1. The molecule has 0 bridgehead atoms. The molecule has 0 aromatic heterocycles. The summed E-state index contributed by atoms with van der Waals surface area (Å²) < 4.78 is 28.9. The molecule has 0 aliphatic heterocycles. The second-order valence-electron chi connectivity index (χ2n) is 6.05. The fraction of sp³-hybridized carbons (Fsp3) is 0.588. The highest BCUT2D eigenvalue weighted by molar-refractivity contribution is 7.52. The molecule has 6 nitrogen and oxygen atoms in total. The first-order chi connectivity index (χ1) is 11.3. The lowest BCUT2D eigenvalue weighted by Gasteiger charge is -2.21. The molecule has 0 aliphatic rings. The molecule has 0 aliphatic carbocycles. The van der Waals surface area contributed by atoms with E-state index in [-0.39, 0.29) is 24.0 Å². The summed E-state index contributed by atoms with van der Waals surface area (Å²) in [5.41, 5.74) is 0.219. The number of carbonyl (C=O) groups excluding carboxylic acids is 1. The number of carbonyl (C=O) groups is 1. The van der Waals surface area contributed by atoms with Gasteiger partial charge in [0.1, 0.15) is 11.3 Å². The van der Waals surface area contributed by atoms with E-state index in [0.29, 0.717) is 12.5 Å². The molecule has 1 rings (SSSR count). The van der Waals surface area contributed by atoms with E-state index < -0.39 is 13.7 Å². The van der Waals surface area contributed by atoms with Crippen LogP contribution < -0.4 is 9.61 Å². The smallest absolute Gasteiger partial charge is 0.458 e. The summed E-state index contributed by atoms with van der Waals surface area (Å²) in [6.45, 7) is 10.1. The maximum absolute atomic E-state index is 12.9. The number of hydrogen-bond acceptors (Lipinski definition) is 5. The van der Waals surface area contributed by atoms with Crippen LogP contribution in [0.2, 0.25) is 0 Å². The molecule has 0 saturated carbocycles. The van der Waals surface area contributed by atoms with Crippen LogP contribution in [0.1, 0.15) is 51.4 Å². The van der Waals surface area contributed by atoms with Crippen molar-refractivity contribution in [3.05, 3.63) is 29.8 Å². The molecule has 136 valence electrons. The van der Waals surface area contributed by atoms with E-state index in [4.69, 9.17) is 13.8 Å². The normalized spacial score (nSPS) is 13.8. The summed E-state index contributed by atoms with van der Waals surface area (Å²) in [7, 11) is -3.56. The van der Waals surface area contributed by atoms with Gasteiger partial charge in [-0.3, -0.25) is 4.52 Å². The van der Waals surface area contributed by atoms with Gasteiger partial charge in [0.15, 0.2) is 0 Å². The average molecular weight is 357 g/mol. The first-order valence-electron chi connectivity index (χ1n) is 8.26. The SMILES string of the molecule is CCOP(=O)(NCCC(C)C)Oc1ccccc1C(=O)OC(C)C. The zero-order valence-electron chi connectivity index (χ0n) is 15.1. The number of rotatable bonds is 10.